The molecule has 0 spiro atoms. The van der Waals surface area contributed by atoms with E-state index in [0.29, 0.717) is 57.9 Å². The minimum absolute atomic E-state index is 0.191. The van der Waals surface area contributed by atoms with E-state index in [2.05, 4.69) is 76.0 Å². The summed E-state index contributed by atoms with van der Waals surface area (Å²) in [6.45, 7) is 1.01. The van der Waals surface area contributed by atoms with Gasteiger partial charge in [-0.25, -0.2) is 14.3 Å². The molecule has 0 aliphatic carbocycles. The third-order valence-electron chi connectivity index (χ3n) is 9.82. The van der Waals surface area contributed by atoms with Crippen LogP contribution in [0.15, 0.2) is 135 Å². The van der Waals surface area contributed by atoms with Crippen molar-refractivity contribution in [2.75, 3.05) is 13.1 Å². The van der Waals surface area contributed by atoms with Crippen molar-refractivity contribution < 1.29 is 9.59 Å². The summed E-state index contributed by atoms with van der Waals surface area (Å²) in [5.41, 5.74) is 8.86. The Kier molecular flexibility index (Phi) is 12.5. The summed E-state index contributed by atoms with van der Waals surface area (Å²) in [5, 5.41) is 38.0. The van der Waals surface area contributed by atoms with Crippen LogP contribution in [0.5, 0.6) is 0 Å². The first-order chi connectivity index (χ1) is 30.5. The lowest BCUT2D eigenvalue weighted by Gasteiger charge is -2.12. The Labute approximate surface area is 357 Å². The number of carbonyl (C=O) groups excluding carboxylic acids is 2. The topological polar surface area (TPSA) is 188 Å². The van der Waals surface area contributed by atoms with Crippen LogP contribution in [0.3, 0.4) is 0 Å². The summed E-state index contributed by atoms with van der Waals surface area (Å²) in [6, 6.07) is 27.3. The second kappa shape index (κ2) is 19.3. The van der Waals surface area contributed by atoms with Crippen LogP contribution < -0.4 is 10.6 Å². The minimum atomic E-state index is -0.219. The third kappa shape index (κ3) is 9.89. The number of aromatic amines is 2. The minimum Gasteiger partial charge on any atom is -0.352 e. The Hall–Kier alpha value is -8.80. The summed E-state index contributed by atoms with van der Waals surface area (Å²) in [6.07, 6.45) is 17.3. The smallest absolute Gasteiger partial charge is 0.251 e. The average Bonchev–Trinajstić information content (AvgIpc) is 4.18. The molecule has 0 aliphatic heterocycles. The summed E-state index contributed by atoms with van der Waals surface area (Å²) in [5.74, 6) is 12.4. The number of hydrogen-bond donors (Lipinski definition) is 4. The number of aromatic nitrogens is 9. The standard InChI is InChI=1S/C48H38N12O2/c49-28-35-6-1-5-34(25-35)9-10-39-27-41(48(62)51-21-3-8-37-31-55-56-32-37)14-18-45(39)60-46(19-23-58-60)42-12-16-43(52-33-42)15-11-38-26-40(13-17-44(38)59-24-4-22-57-59)47(61)50-20-2-7-36-29-53-54-30-36/h1,4-6,12-14,16-19,22-27,29-33H,2-3,7-8,20-21H2,(H,50,61)(H,51,62)(H,53,54)(H,55,56). The Balaban J connectivity index is 1.03. The van der Waals surface area contributed by atoms with E-state index in [4.69, 9.17) is 0 Å². The number of hydrogen-bond acceptors (Lipinski definition) is 8. The number of nitriles is 1. The maximum Gasteiger partial charge on any atom is 0.251 e. The largest absolute Gasteiger partial charge is 0.352 e. The molecule has 2 amide bonds. The predicted octanol–water partition coefficient (Wildman–Crippen LogP) is 5.96. The van der Waals surface area contributed by atoms with Crippen LogP contribution >= 0.6 is 0 Å². The highest BCUT2D eigenvalue weighted by Gasteiger charge is 2.15. The lowest BCUT2D eigenvalue weighted by molar-refractivity contribution is 0.0945. The molecule has 14 heteroatoms. The molecular formula is C48H38N12O2. The van der Waals surface area contributed by atoms with E-state index in [9.17, 15) is 14.9 Å². The van der Waals surface area contributed by atoms with Crippen LogP contribution in [0, 0.1) is 35.0 Å². The lowest BCUT2D eigenvalue weighted by Crippen LogP contribution is -2.25. The van der Waals surface area contributed by atoms with E-state index in [-0.39, 0.29) is 11.8 Å². The molecule has 5 aromatic heterocycles. The fraction of sp³-hybridized carbons (Fsp3) is 0.125. The number of H-pyrrole nitrogens is 2. The highest BCUT2D eigenvalue weighted by Crippen LogP contribution is 2.25. The van der Waals surface area contributed by atoms with Gasteiger partial charge in [0.25, 0.3) is 11.8 Å². The monoisotopic (exact) mass is 814 g/mol. The van der Waals surface area contributed by atoms with Crippen molar-refractivity contribution in [3.8, 4) is 52.4 Å². The average molecular weight is 815 g/mol. The zero-order valence-corrected chi connectivity index (χ0v) is 33.3. The number of pyridine rings is 1. The fourth-order valence-electron chi connectivity index (χ4n) is 6.64. The fourth-order valence-corrected chi connectivity index (χ4v) is 6.64. The van der Waals surface area contributed by atoms with Gasteiger partial charge in [-0.05, 0) is 122 Å². The van der Waals surface area contributed by atoms with Crippen molar-refractivity contribution >= 4 is 11.8 Å². The molecule has 302 valence electrons. The molecule has 3 aromatic carbocycles. The van der Waals surface area contributed by atoms with Gasteiger partial charge in [0.1, 0.15) is 5.69 Å². The molecule has 0 unspecified atom stereocenters. The van der Waals surface area contributed by atoms with Crippen LogP contribution in [0.1, 0.15) is 72.6 Å². The summed E-state index contributed by atoms with van der Waals surface area (Å²) < 4.78 is 3.47. The molecule has 0 saturated heterocycles. The van der Waals surface area contributed by atoms with Gasteiger partial charge in [0, 0.05) is 66.3 Å². The third-order valence-corrected chi connectivity index (χ3v) is 9.82. The number of nitrogens with one attached hydrogen (secondary N) is 4. The van der Waals surface area contributed by atoms with Gasteiger partial charge in [-0.3, -0.25) is 19.8 Å². The van der Waals surface area contributed by atoms with E-state index < -0.39 is 0 Å². The number of aryl methyl sites for hydroxylation is 2. The SMILES string of the molecule is N#Cc1cccc(C#Cc2cc(C(=O)NCCCc3cn[nH]c3)ccc2-n2nccc2-c2ccc(C#Cc3cc(C(=O)NCCCc4cn[nH]c4)ccc3-n3cccn3)nc2)c1. The molecule has 5 heterocycles. The van der Waals surface area contributed by atoms with Crippen molar-refractivity contribution in [1.29, 1.82) is 5.26 Å². The van der Waals surface area contributed by atoms with Crippen molar-refractivity contribution in [3.05, 3.63) is 185 Å². The molecule has 8 aromatic rings. The summed E-state index contributed by atoms with van der Waals surface area (Å²) in [4.78, 5) is 31.1. The second-order valence-corrected chi connectivity index (χ2v) is 14.1. The molecule has 8 rings (SSSR count). The van der Waals surface area contributed by atoms with E-state index in [1.807, 2.05) is 61.1 Å². The summed E-state index contributed by atoms with van der Waals surface area (Å²) in [7, 11) is 0. The van der Waals surface area contributed by atoms with Gasteiger partial charge in [-0.2, -0.15) is 25.7 Å². The zero-order chi connectivity index (χ0) is 42.5. The molecule has 62 heavy (non-hydrogen) atoms. The van der Waals surface area contributed by atoms with Gasteiger partial charge in [-0.15, -0.1) is 0 Å². The maximum absolute atomic E-state index is 13.3. The van der Waals surface area contributed by atoms with Gasteiger partial charge in [0.2, 0.25) is 0 Å². The van der Waals surface area contributed by atoms with E-state index in [0.717, 1.165) is 53.8 Å². The molecule has 0 saturated carbocycles. The van der Waals surface area contributed by atoms with Crippen LogP contribution in [0.2, 0.25) is 0 Å². The van der Waals surface area contributed by atoms with Gasteiger partial charge < -0.3 is 10.6 Å². The summed E-state index contributed by atoms with van der Waals surface area (Å²) >= 11 is 0. The van der Waals surface area contributed by atoms with Gasteiger partial charge in [-0.1, -0.05) is 23.8 Å². The van der Waals surface area contributed by atoms with Gasteiger partial charge in [0.15, 0.2) is 0 Å². The van der Waals surface area contributed by atoms with Crippen molar-refractivity contribution in [2.45, 2.75) is 25.7 Å². The second-order valence-electron chi connectivity index (χ2n) is 14.1. The number of benzene rings is 3. The normalized spacial score (nSPS) is 10.5. The van der Waals surface area contributed by atoms with Crippen molar-refractivity contribution in [1.82, 2.24) is 55.6 Å². The van der Waals surface area contributed by atoms with E-state index in [1.165, 1.54) is 0 Å². The molecule has 4 N–H and O–H groups in total. The maximum atomic E-state index is 13.3. The Morgan fingerprint density at radius 3 is 1.97 bits per heavy atom. The Bertz CT molecular complexity index is 2970. The van der Waals surface area contributed by atoms with Crippen molar-refractivity contribution in [3.63, 3.8) is 0 Å². The first kappa shape index (κ1) is 40.0. The molecule has 0 bridgehead atoms. The van der Waals surface area contributed by atoms with Crippen LogP contribution in [0.4, 0.5) is 0 Å². The van der Waals surface area contributed by atoms with Crippen LogP contribution in [0.25, 0.3) is 22.6 Å². The Morgan fingerprint density at radius 2 is 1.34 bits per heavy atom. The Morgan fingerprint density at radius 1 is 0.661 bits per heavy atom. The first-order valence-electron chi connectivity index (χ1n) is 19.9. The van der Waals surface area contributed by atoms with E-state index >= 15 is 0 Å². The number of carbonyl (C=O) groups is 2. The quantitative estimate of drug-likeness (QED) is 0.0811. The van der Waals surface area contributed by atoms with E-state index in [1.54, 1.807) is 82.8 Å². The number of amides is 2. The molecule has 0 atom stereocenters. The molecule has 0 aliphatic rings. The first-order valence-corrected chi connectivity index (χ1v) is 19.9. The van der Waals surface area contributed by atoms with Gasteiger partial charge in [0.05, 0.1) is 58.4 Å². The molecular weight excluding hydrogens is 777 g/mol. The molecule has 0 fully saturated rings. The van der Waals surface area contributed by atoms with Crippen molar-refractivity contribution in [2.24, 2.45) is 0 Å². The number of rotatable bonds is 13. The molecule has 14 nitrogen and oxygen atoms in total. The van der Waals surface area contributed by atoms with Crippen LogP contribution in [-0.4, -0.2) is 69.8 Å². The highest BCUT2D eigenvalue weighted by atomic mass is 16.2. The zero-order valence-electron chi connectivity index (χ0n) is 33.3. The predicted molar refractivity (Wildman–Crippen MR) is 232 cm³/mol. The molecule has 0 radical (unpaired) electrons. The number of nitrogens with zero attached hydrogens (tertiary/aromatic N) is 8. The highest BCUT2D eigenvalue weighted by molar-refractivity contribution is 5.95. The lowest BCUT2D eigenvalue weighted by atomic mass is 10.1. The van der Waals surface area contributed by atoms with Gasteiger partial charge >= 0.3 is 0 Å². The van der Waals surface area contributed by atoms with Crippen LogP contribution in [-0.2, 0) is 12.8 Å².